The van der Waals surface area contributed by atoms with Gasteiger partial charge < -0.3 is 19.4 Å². The van der Waals surface area contributed by atoms with E-state index in [0.717, 1.165) is 16.5 Å². The Kier molecular flexibility index (Phi) is 5.08. The number of para-hydroxylation sites is 1. The summed E-state index contributed by atoms with van der Waals surface area (Å²) in [6.45, 7) is 6.54. The highest BCUT2D eigenvalue weighted by molar-refractivity contribution is 5.88. The van der Waals surface area contributed by atoms with Gasteiger partial charge in [-0.05, 0) is 32.4 Å². The van der Waals surface area contributed by atoms with Crippen molar-refractivity contribution in [3.63, 3.8) is 0 Å². The number of aromatic nitrogens is 1. The lowest BCUT2D eigenvalue weighted by Crippen LogP contribution is -2.51. The molecule has 1 aromatic carbocycles. The molecule has 3 atom stereocenters. The summed E-state index contributed by atoms with van der Waals surface area (Å²) in [5.74, 6) is -0.575. The summed E-state index contributed by atoms with van der Waals surface area (Å²) in [6, 6.07) is 7.78. The number of nitrogens with one attached hydrogen (secondary N) is 1. The van der Waals surface area contributed by atoms with E-state index in [4.69, 9.17) is 9.47 Å². The number of benzene rings is 1. The third kappa shape index (κ3) is 4.02. The Labute approximate surface area is 147 Å². The Morgan fingerprint density at radius 1 is 1.28 bits per heavy atom. The van der Waals surface area contributed by atoms with E-state index in [-0.39, 0.29) is 24.5 Å². The molecule has 0 saturated carbocycles. The van der Waals surface area contributed by atoms with E-state index in [1.807, 2.05) is 44.3 Å². The number of carbonyl (C=O) groups excluding carboxylic acids is 2. The van der Waals surface area contributed by atoms with Gasteiger partial charge in [-0.3, -0.25) is 9.59 Å². The molecule has 134 valence electrons. The highest BCUT2D eigenvalue weighted by Crippen LogP contribution is 2.19. The standard InChI is InChI=1S/C19H24N2O4/c1-12-10-21(11-13(2)24-12)19(23)14(3)25-18(22)8-15-9-20-17-7-5-4-6-16(15)17/h4-7,9,12-14,20H,8,10-11H2,1-3H3/t12-,13-,14+/m1/s1. The minimum atomic E-state index is -0.796. The molecule has 1 aliphatic heterocycles. The van der Waals surface area contributed by atoms with Gasteiger partial charge in [-0.2, -0.15) is 0 Å². The van der Waals surface area contributed by atoms with E-state index in [1.54, 1.807) is 11.8 Å². The van der Waals surface area contributed by atoms with E-state index in [2.05, 4.69) is 4.98 Å². The van der Waals surface area contributed by atoms with Gasteiger partial charge >= 0.3 is 5.97 Å². The first-order valence-electron chi connectivity index (χ1n) is 8.62. The first kappa shape index (κ1) is 17.5. The summed E-state index contributed by atoms with van der Waals surface area (Å²) in [4.78, 5) is 29.6. The van der Waals surface area contributed by atoms with Crippen LogP contribution < -0.4 is 0 Å². The second kappa shape index (κ2) is 7.27. The molecule has 6 heteroatoms. The highest BCUT2D eigenvalue weighted by Gasteiger charge is 2.30. The lowest BCUT2D eigenvalue weighted by Gasteiger charge is -2.36. The number of hydrogen-bond donors (Lipinski definition) is 1. The quantitative estimate of drug-likeness (QED) is 0.864. The number of nitrogens with zero attached hydrogens (tertiary/aromatic N) is 1. The average molecular weight is 344 g/mol. The Balaban J connectivity index is 1.59. The van der Waals surface area contributed by atoms with E-state index in [0.29, 0.717) is 13.1 Å². The molecular formula is C19H24N2O4. The zero-order valence-corrected chi connectivity index (χ0v) is 14.8. The third-order valence-electron chi connectivity index (χ3n) is 4.40. The van der Waals surface area contributed by atoms with Crippen molar-refractivity contribution in [2.45, 2.75) is 45.5 Å². The summed E-state index contributed by atoms with van der Waals surface area (Å²) in [5, 5.41) is 0.995. The van der Waals surface area contributed by atoms with Crippen LogP contribution in [0.3, 0.4) is 0 Å². The summed E-state index contributed by atoms with van der Waals surface area (Å²) in [7, 11) is 0. The van der Waals surface area contributed by atoms with Crippen molar-refractivity contribution in [2.75, 3.05) is 13.1 Å². The van der Waals surface area contributed by atoms with Crippen LogP contribution in [0.5, 0.6) is 0 Å². The van der Waals surface area contributed by atoms with Crippen LogP contribution in [0.2, 0.25) is 0 Å². The molecular weight excluding hydrogens is 320 g/mol. The van der Waals surface area contributed by atoms with Crippen LogP contribution >= 0.6 is 0 Å². The van der Waals surface area contributed by atoms with Crippen LogP contribution in [0.4, 0.5) is 0 Å². The van der Waals surface area contributed by atoms with E-state index in [9.17, 15) is 9.59 Å². The fourth-order valence-corrected chi connectivity index (χ4v) is 3.34. The van der Waals surface area contributed by atoms with Crippen LogP contribution in [0.25, 0.3) is 10.9 Å². The lowest BCUT2D eigenvalue weighted by molar-refractivity contribution is -0.164. The number of ether oxygens (including phenoxy) is 2. The number of aromatic amines is 1. The number of amides is 1. The molecule has 0 unspecified atom stereocenters. The number of esters is 1. The molecule has 2 heterocycles. The largest absolute Gasteiger partial charge is 0.452 e. The Morgan fingerprint density at radius 2 is 1.96 bits per heavy atom. The molecule has 1 aromatic heterocycles. The lowest BCUT2D eigenvalue weighted by atomic mass is 10.1. The smallest absolute Gasteiger partial charge is 0.311 e. The average Bonchev–Trinajstić information content (AvgIpc) is 2.96. The summed E-state index contributed by atoms with van der Waals surface area (Å²) < 4.78 is 11.0. The van der Waals surface area contributed by atoms with Crippen LogP contribution in [-0.2, 0) is 25.5 Å². The molecule has 1 saturated heterocycles. The van der Waals surface area contributed by atoms with E-state index >= 15 is 0 Å². The predicted molar refractivity (Wildman–Crippen MR) is 94.1 cm³/mol. The minimum absolute atomic E-state index is 0.0122. The maximum atomic E-state index is 12.5. The second-order valence-corrected chi connectivity index (χ2v) is 6.67. The minimum Gasteiger partial charge on any atom is -0.452 e. The molecule has 6 nitrogen and oxygen atoms in total. The van der Waals surface area contributed by atoms with Crippen LogP contribution in [0.1, 0.15) is 26.3 Å². The van der Waals surface area contributed by atoms with Crippen molar-refractivity contribution in [1.29, 1.82) is 0 Å². The van der Waals surface area contributed by atoms with Crippen molar-refractivity contribution in [1.82, 2.24) is 9.88 Å². The summed E-state index contributed by atoms with van der Waals surface area (Å²) >= 11 is 0. The van der Waals surface area contributed by atoms with Gasteiger partial charge in [0.25, 0.3) is 5.91 Å². The maximum Gasteiger partial charge on any atom is 0.311 e. The highest BCUT2D eigenvalue weighted by atomic mass is 16.5. The second-order valence-electron chi connectivity index (χ2n) is 6.67. The number of H-pyrrole nitrogens is 1. The molecule has 0 spiro atoms. The molecule has 0 radical (unpaired) electrons. The Morgan fingerprint density at radius 3 is 2.68 bits per heavy atom. The first-order chi connectivity index (χ1) is 11.9. The predicted octanol–water partition coefficient (Wildman–Crippen LogP) is 2.28. The number of rotatable bonds is 4. The molecule has 2 aromatic rings. The normalized spacial score (nSPS) is 22.0. The van der Waals surface area contributed by atoms with Gasteiger partial charge in [-0.15, -0.1) is 0 Å². The Bertz CT molecular complexity index is 760. The fraction of sp³-hybridized carbons (Fsp3) is 0.474. The van der Waals surface area contributed by atoms with E-state index < -0.39 is 12.1 Å². The molecule has 0 bridgehead atoms. The molecule has 3 rings (SSSR count). The van der Waals surface area contributed by atoms with Crippen molar-refractivity contribution in [3.05, 3.63) is 36.0 Å². The van der Waals surface area contributed by atoms with Gasteiger partial charge in [0.15, 0.2) is 6.10 Å². The van der Waals surface area contributed by atoms with Gasteiger partial charge in [0.05, 0.1) is 18.6 Å². The molecule has 1 fully saturated rings. The van der Waals surface area contributed by atoms with Gasteiger partial charge in [0, 0.05) is 30.2 Å². The maximum absolute atomic E-state index is 12.5. The zero-order valence-electron chi connectivity index (χ0n) is 14.8. The number of carbonyl (C=O) groups is 2. The summed E-state index contributed by atoms with van der Waals surface area (Å²) in [6.07, 6.45) is 1.13. The SMILES string of the molecule is C[C@@H]1CN(C(=O)[C@H](C)OC(=O)Cc2c[nH]c3ccccc23)C[C@@H](C)O1. The third-order valence-corrected chi connectivity index (χ3v) is 4.40. The monoisotopic (exact) mass is 344 g/mol. The van der Waals surface area contributed by atoms with Crippen molar-refractivity contribution < 1.29 is 19.1 Å². The fourth-order valence-electron chi connectivity index (χ4n) is 3.34. The summed E-state index contributed by atoms with van der Waals surface area (Å²) in [5.41, 5.74) is 1.85. The van der Waals surface area contributed by atoms with E-state index in [1.165, 1.54) is 0 Å². The van der Waals surface area contributed by atoms with Crippen molar-refractivity contribution in [3.8, 4) is 0 Å². The number of fused-ring (bicyclic) bond motifs is 1. The molecule has 0 aliphatic carbocycles. The van der Waals surface area contributed by atoms with Gasteiger partial charge in [-0.1, -0.05) is 18.2 Å². The zero-order chi connectivity index (χ0) is 18.0. The Hall–Kier alpha value is -2.34. The molecule has 1 aliphatic rings. The number of hydrogen-bond acceptors (Lipinski definition) is 4. The van der Waals surface area contributed by atoms with Crippen molar-refractivity contribution in [2.24, 2.45) is 0 Å². The van der Waals surface area contributed by atoms with Crippen LogP contribution in [0.15, 0.2) is 30.5 Å². The molecule has 1 amide bonds. The molecule has 1 N–H and O–H groups in total. The van der Waals surface area contributed by atoms with Gasteiger partial charge in [0.2, 0.25) is 0 Å². The van der Waals surface area contributed by atoms with Gasteiger partial charge in [0.1, 0.15) is 0 Å². The van der Waals surface area contributed by atoms with Crippen LogP contribution in [0, 0.1) is 0 Å². The van der Waals surface area contributed by atoms with Crippen LogP contribution in [-0.4, -0.2) is 53.2 Å². The first-order valence-corrected chi connectivity index (χ1v) is 8.62. The van der Waals surface area contributed by atoms with Gasteiger partial charge in [-0.25, -0.2) is 0 Å². The molecule has 25 heavy (non-hydrogen) atoms. The topological polar surface area (TPSA) is 71.6 Å². The van der Waals surface area contributed by atoms with Crippen molar-refractivity contribution >= 4 is 22.8 Å². The number of morpholine rings is 1.